The van der Waals surface area contributed by atoms with Gasteiger partial charge in [0.25, 0.3) is 0 Å². The molecule has 3 amide bonds. The van der Waals surface area contributed by atoms with Gasteiger partial charge in [-0.3, -0.25) is 9.69 Å². The van der Waals surface area contributed by atoms with Gasteiger partial charge < -0.3 is 19.9 Å². The number of ether oxygens (including phenoxy) is 1. The van der Waals surface area contributed by atoms with Gasteiger partial charge in [0, 0.05) is 49.1 Å². The second-order valence-corrected chi connectivity index (χ2v) is 8.72. The molecule has 0 atom stereocenters. The minimum atomic E-state index is -0.0333. The molecule has 2 aliphatic heterocycles. The van der Waals surface area contributed by atoms with E-state index in [2.05, 4.69) is 22.3 Å². The van der Waals surface area contributed by atoms with E-state index in [0.717, 1.165) is 15.5 Å². The monoisotopic (exact) mass is 440 g/mol. The van der Waals surface area contributed by atoms with Crippen molar-refractivity contribution in [2.75, 3.05) is 64.3 Å². The highest BCUT2D eigenvalue weighted by atomic mass is 32.2. The molecule has 0 saturated carbocycles. The lowest BCUT2D eigenvalue weighted by Crippen LogP contribution is -2.55. The molecule has 2 aliphatic rings. The number of carbonyl (C=O) groups is 2. The van der Waals surface area contributed by atoms with Crippen LogP contribution in [0.4, 0.5) is 10.5 Å². The number of morpholine rings is 1. The van der Waals surface area contributed by atoms with Gasteiger partial charge in [0.05, 0.1) is 25.4 Å². The molecule has 8 heteroatoms. The van der Waals surface area contributed by atoms with Crippen molar-refractivity contribution in [2.24, 2.45) is 0 Å². The number of nitrogens with zero attached hydrogens (tertiary/aromatic N) is 3. The van der Waals surface area contributed by atoms with Gasteiger partial charge in [-0.05, 0) is 24.3 Å². The summed E-state index contributed by atoms with van der Waals surface area (Å²) in [5.41, 5.74) is 0.822. The number of amides is 3. The molecule has 2 fully saturated rings. The Balaban J connectivity index is 1.27. The number of urea groups is 1. The van der Waals surface area contributed by atoms with E-state index in [-0.39, 0.29) is 11.9 Å². The molecule has 0 aromatic heterocycles. The van der Waals surface area contributed by atoms with Crippen LogP contribution in [0.1, 0.15) is 0 Å². The molecule has 0 aliphatic carbocycles. The average Bonchev–Trinajstić information content (AvgIpc) is 2.82. The zero-order valence-corrected chi connectivity index (χ0v) is 18.4. The minimum Gasteiger partial charge on any atom is -0.378 e. The third-order valence-electron chi connectivity index (χ3n) is 5.42. The number of hydrogen-bond donors (Lipinski definition) is 1. The summed E-state index contributed by atoms with van der Waals surface area (Å²) < 4.78 is 5.32. The van der Waals surface area contributed by atoms with Crippen LogP contribution >= 0.6 is 11.8 Å². The third kappa shape index (κ3) is 6.00. The highest BCUT2D eigenvalue weighted by Gasteiger charge is 2.27. The van der Waals surface area contributed by atoms with E-state index in [1.54, 1.807) is 11.8 Å². The quantitative estimate of drug-likeness (QED) is 0.775. The van der Waals surface area contributed by atoms with Crippen LogP contribution < -0.4 is 5.32 Å². The van der Waals surface area contributed by atoms with Crippen molar-refractivity contribution in [2.45, 2.75) is 9.79 Å². The topological polar surface area (TPSA) is 65.1 Å². The molecule has 31 heavy (non-hydrogen) atoms. The Bertz CT molecular complexity index is 881. The molecule has 7 nitrogen and oxygen atoms in total. The molecule has 0 spiro atoms. The second-order valence-electron chi connectivity index (χ2n) is 7.60. The van der Waals surface area contributed by atoms with Crippen LogP contribution in [0.15, 0.2) is 64.4 Å². The zero-order chi connectivity index (χ0) is 21.5. The van der Waals surface area contributed by atoms with Gasteiger partial charge in [0.2, 0.25) is 5.91 Å². The number of para-hydroxylation sites is 1. The minimum absolute atomic E-state index is 0.0333. The number of benzene rings is 2. The van der Waals surface area contributed by atoms with E-state index < -0.39 is 0 Å². The first-order chi connectivity index (χ1) is 15.2. The van der Waals surface area contributed by atoms with Gasteiger partial charge >= 0.3 is 6.03 Å². The number of piperazine rings is 1. The number of hydrogen-bond acceptors (Lipinski definition) is 5. The molecule has 2 aromatic carbocycles. The van der Waals surface area contributed by atoms with Crippen molar-refractivity contribution < 1.29 is 14.3 Å². The lowest BCUT2D eigenvalue weighted by Gasteiger charge is -2.38. The fourth-order valence-electron chi connectivity index (χ4n) is 3.72. The standard InChI is InChI=1S/C23H28N4O3S/c28-22(24-20-8-4-5-9-21(20)31-19-6-2-1-3-7-19)18-25-10-12-26(13-11-25)23(29)27-14-16-30-17-15-27/h1-9H,10-18H2,(H,24,28). The largest absolute Gasteiger partial charge is 0.378 e. The van der Waals surface area contributed by atoms with Gasteiger partial charge in [-0.15, -0.1) is 0 Å². The van der Waals surface area contributed by atoms with Crippen LogP contribution in [0, 0.1) is 0 Å². The Morgan fingerprint density at radius 2 is 1.48 bits per heavy atom. The SMILES string of the molecule is O=C(CN1CCN(C(=O)N2CCOCC2)CC1)Nc1ccccc1Sc1ccccc1. The van der Waals surface area contributed by atoms with Gasteiger partial charge in [-0.25, -0.2) is 4.79 Å². The van der Waals surface area contributed by atoms with Crippen LogP contribution in [0.2, 0.25) is 0 Å². The summed E-state index contributed by atoms with van der Waals surface area (Å²) in [6.45, 7) is 5.53. The Labute approximate surface area is 187 Å². The van der Waals surface area contributed by atoms with Crippen molar-refractivity contribution in [1.82, 2.24) is 14.7 Å². The predicted molar refractivity (Wildman–Crippen MR) is 121 cm³/mol. The number of carbonyl (C=O) groups excluding carboxylic acids is 2. The average molecular weight is 441 g/mol. The number of rotatable bonds is 5. The van der Waals surface area contributed by atoms with Gasteiger partial charge in [0.1, 0.15) is 0 Å². The first kappa shape index (κ1) is 21.7. The van der Waals surface area contributed by atoms with Crippen molar-refractivity contribution in [3.63, 3.8) is 0 Å². The van der Waals surface area contributed by atoms with E-state index in [1.807, 2.05) is 52.3 Å². The van der Waals surface area contributed by atoms with Crippen LogP contribution in [0.25, 0.3) is 0 Å². The Morgan fingerprint density at radius 3 is 2.23 bits per heavy atom. The molecule has 2 saturated heterocycles. The smallest absolute Gasteiger partial charge is 0.320 e. The van der Waals surface area contributed by atoms with Crippen molar-refractivity contribution in [3.05, 3.63) is 54.6 Å². The fraction of sp³-hybridized carbons (Fsp3) is 0.391. The lowest BCUT2D eigenvalue weighted by atomic mass is 10.3. The Kier molecular flexibility index (Phi) is 7.45. The number of anilines is 1. The predicted octanol–water partition coefficient (Wildman–Crippen LogP) is 2.85. The maximum Gasteiger partial charge on any atom is 0.320 e. The Hall–Kier alpha value is -2.55. The first-order valence-electron chi connectivity index (χ1n) is 10.6. The second kappa shape index (κ2) is 10.7. The molecule has 2 heterocycles. The van der Waals surface area contributed by atoms with Crippen LogP contribution in [-0.4, -0.2) is 85.7 Å². The fourth-order valence-corrected chi connectivity index (χ4v) is 4.64. The molecule has 2 aromatic rings. The molecule has 4 rings (SSSR count). The molecule has 0 unspecified atom stereocenters. The van der Waals surface area contributed by atoms with Gasteiger partial charge in [-0.2, -0.15) is 0 Å². The summed E-state index contributed by atoms with van der Waals surface area (Å²) in [6, 6.07) is 18.1. The number of nitrogens with one attached hydrogen (secondary N) is 1. The van der Waals surface area contributed by atoms with E-state index in [4.69, 9.17) is 4.74 Å². The maximum absolute atomic E-state index is 12.7. The highest BCUT2D eigenvalue weighted by Crippen LogP contribution is 2.33. The Morgan fingerprint density at radius 1 is 0.839 bits per heavy atom. The molecular formula is C23H28N4O3S. The van der Waals surface area contributed by atoms with Gasteiger partial charge in [0.15, 0.2) is 0 Å². The normalized spacial score (nSPS) is 17.4. The summed E-state index contributed by atoms with van der Waals surface area (Å²) in [4.78, 5) is 33.3. The zero-order valence-electron chi connectivity index (χ0n) is 17.5. The third-order valence-corrected chi connectivity index (χ3v) is 6.51. The van der Waals surface area contributed by atoms with Crippen LogP contribution in [0.3, 0.4) is 0 Å². The first-order valence-corrected chi connectivity index (χ1v) is 11.5. The summed E-state index contributed by atoms with van der Waals surface area (Å²) in [5.74, 6) is -0.0333. The van der Waals surface area contributed by atoms with Crippen molar-refractivity contribution >= 4 is 29.4 Å². The maximum atomic E-state index is 12.7. The highest BCUT2D eigenvalue weighted by molar-refractivity contribution is 7.99. The molecule has 0 bridgehead atoms. The summed E-state index contributed by atoms with van der Waals surface area (Å²) in [7, 11) is 0. The summed E-state index contributed by atoms with van der Waals surface area (Å²) in [6.07, 6.45) is 0. The van der Waals surface area contributed by atoms with Gasteiger partial charge in [-0.1, -0.05) is 42.1 Å². The van der Waals surface area contributed by atoms with E-state index in [0.29, 0.717) is 59.0 Å². The molecule has 0 radical (unpaired) electrons. The van der Waals surface area contributed by atoms with E-state index >= 15 is 0 Å². The molecule has 164 valence electrons. The van der Waals surface area contributed by atoms with Crippen molar-refractivity contribution in [1.29, 1.82) is 0 Å². The van der Waals surface area contributed by atoms with Crippen molar-refractivity contribution in [3.8, 4) is 0 Å². The van der Waals surface area contributed by atoms with E-state index in [1.165, 1.54) is 0 Å². The van der Waals surface area contributed by atoms with Crippen LogP contribution in [0.5, 0.6) is 0 Å². The molecule has 1 N–H and O–H groups in total. The van der Waals surface area contributed by atoms with Crippen LogP contribution in [-0.2, 0) is 9.53 Å². The summed E-state index contributed by atoms with van der Waals surface area (Å²) in [5, 5.41) is 3.06. The lowest BCUT2D eigenvalue weighted by molar-refractivity contribution is -0.117. The van der Waals surface area contributed by atoms with E-state index in [9.17, 15) is 9.59 Å². The summed E-state index contributed by atoms with van der Waals surface area (Å²) >= 11 is 1.63. The molecular weight excluding hydrogens is 412 g/mol.